The van der Waals surface area contributed by atoms with Crippen molar-refractivity contribution in [2.24, 2.45) is 5.92 Å². The van der Waals surface area contributed by atoms with Crippen LogP contribution in [0, 0.1) is 19.8 Å². The van der Waals surface area contributed by atoms with Crippen molar-refractivity contribution >= 4 is 23.1 Å². The molecule has 0 N–H and O–H groups in total. The maximum atomic E-state index is 12.9. The van der Waals surface area contributed by atoms with E-state index in [0.29, 0.717) is 6.54 Å². The lowest BCUT2D eigenvalue weighted by atomic mass is 9.96. The molecule has 0 bridgehead atoms. The van der Waals surface area contributed by atoms with E-state index in [-0.39, 0.29) is 17.7 Å². The van der Waals surface area contributed by atoms with E-state index in [2.05, 4.69) is 33.9 Å². The minimum absolute atomic E-state index is 0.0244. The second-order valence-corrected chi connectivity index (χ2v) is 8.29. The van der Waals surface area contributed by atoms with Crippen LogP contribution >= 0.6 is 11.3 Å². The van der Waals surface area contributed by atoms with Crippen LogP contribution < -0.4 is 0 Å². The van der Waals surface area contributed by atoms with Gasteiger partial charge in [0.1, 0.15) is 0 Å². The molecule has 27 heavy (non-hydrogen) atoms. The van der Waals surface area contributed by atoms with Crippen molar-refractivity contribution in [3.8, 4) is 0 Å². The third-order valence-corrected chi connectivity index (χ3v) is 6.46. The van der Waals surface area contributed by atoms with Crippen molar-refractivity contribution in [3.63, 3.8) is 0 Å². The Balaban J connectivity index is 1.59. The molecule has 5 nitrogen and oxygen atoms in total. The fourth-order valence-corrected chi connectivity index (χ4v) is 4.58. The first-order valence-electron chi connectivity index (χ1n) is 9.52. The first-order chi connectivity index (χ1) is 13.0. The molecule has 0 aromatic carbocycles. The molecule has 146 valence electrons. The summed E-state index contributed by atoms with van der Waals surface area (Å²) < 4.78 is 7.08. The highest BCUT2D eigenvalue weighted by atomic mass is 32.1. The van der Waals surface area contributed by atoms with E-state index < -0.39 is 0 Å². The summed E-state index contributed by atoms with van der Waals surface area (Å²) in [5.74, 6) is 0.0147. The molecular formula is C21H28N2O3S. The van der Waals surface area contributed by atoms with Gasteiger partial charge in [0.05, 0.1) is 19.6 Å². The molecule has 6 heteroatoms. The van der Waals surface area contributed by atoms with E-state index in [9.17, 15) is 9.59 Å². The summed E-state index contributed by atoms with van der Waals surface area (Å²) >= 11 is 1.77. The third kappa shape index (κ3) is 4.68. The van der Waals surface area contributed by atoms with Gasteiger partial charge in [-0.25, -0.2) is 0 Å². The summed E-state index contributed by atoms with van der Waals surface area (Å²) in [7, 11) is 1.44. The Morgan fingerprint density at radius 2 is 2.00 bits per heavy atom. The Hall–Kier alpha value is -1.92. The predicted octanol–water partition coefficient (Wildman–Crippen LogP) is 3.48. The van der Waals surface area contributed by atoms with Gasteiger partial charge in [-0.2, -0.15) is 0 Å². The summed E-state index contributed by atoms with van der Waals surface area (Å²) in [4.78, 5) is 28.0. The number of rotatable bonds is 7. The number of hydrogen-bond acceptors (Lipinski definition) is 5. The second-order valence-electron chi connectivity index (χ2n) is 7.26. The third-order valence-electron chi connectivity index (χ3n) is 5.53. The van der Waals surface area contributed by atoms with E-state index in [1.165, 1.54) is 12.0 Å². The number of aromatic nitrogens is 1. The summed E-state index contributed by atoms with van der Waals surface area (Å²) in [5, 5.41) is 2.10. The molecule has 0 amide bonds. The Morgan fingerprint density at radius 3 is 2.63 bits per heavy atom. The molecule has 3 rings (SSSR count). The Labute approximate surface area is 164 Å². The van der Waals surface area contributed by atoms with Crippen molar-refractivity contribution < 1.29 is 14.3 Å². The predicted molar refractivity (Wildman–Crippen MR) is 107 cm³/mol. The number of thiophene rings is 1. The van der Waals surface area contributed by atoms with Gasteiger partial charge in [0.25, 0.3) is 0 Å². The molecule has 0 atom stereocenters. The number of Topliss-reactive ketones (excluding diaryl/α,β-unsaturated/α-hetero) is 1. The van der Waals surface area contributed by atoms with E-state index in [1.807, 2.05) is 13.0 Å². The lowest BCUT2D eigenvalue weighted by Gasteiger charge is -2.29. The molecule has 2 aromatic rings. The van der Waals surface area contributed by atoms with Crippen LogP contribution in [0.1, 0.15) is 39.5 Å². The zero-order chi connectivity index (χ0) is 19.4. The molecular weight excluding hydrogens is 360 g/mol. The molecule has 0 unspecified atom stereocenters. The zero-order valence-electron chi connectivity index (χ0n) is 16.4. The van der Waals surface area contributed by atoms with Crippen LogP contribution in [-0.2, 0) is 22.5 Å². The van der Waals surface area contributed by atoms with Gasteiger partial charge in [-0.15, -0.1) is 11.3 Å². The number of esters is 1. The minimum atomic E-state index is -0.129. The average Bonchev–Trinajstić information content (AvgIpc) is 3.28. The summed E-state index contributed by atoms with van der Waals surface area (Å²) in [6.07, 6.45) is 2.52. The van der Waals surface area contributed by atoms with Crippen molar-refractivity contribution in [1.29, 1.82) is 0 Å². The van der Waals surface area contributed by atoms with Crippen LogP contribution in [-0.4, -0.2) is 48.0 Å². The van der Waals surface area contributed by atoms with Gasteiger partial charge in [-0.05, 0) is 63.7 Å². The highest BCUT2D eigenvalue weighted by Gasteiger charge is 2.27. The standard InChI is InChI=1S/C21H28N2O3S/c1-15-13-19(16(2)23(15)11-8-18-5-4-12-27-18)20(24)14-22-9-6-17(7-10-22)21(25)26-3/h4-5,12-13,17H,6-11,14H2,1-3H3. The Kier molecular flexibility index (Phi) is 6.50. The number of nitrogens with zero attached hydrogens (tertiary/aromatic N) is 2. The molecule has 0 radical (unpaired) electrons. The van der Waals surface area contributed by atoms with Crippen LogP contribution in [0.5, 0.6) is 0 Å². The maximum absolute atomic E-state index is 12.9. The second kappa shape index (κ2) is 8.85. The van der Waals surface area contributed by atoms with Gasteiger partial charge >= 0.3 is 5.97 Å². The van der Waals surface area contributed by atoms with E-state index in [4.69, 9.17) is 4.74 Å². The number of piperidine rings is 1. The number of hydrogen-bond donors (Lipinski definition) is 0. The Morgan fingerprint density at radius 1 is 1.26 bits per heavy atom. The molecule has 2 aromatic heterocycles. The smallest absolute Gasteiger partial charge is 0.308 e. The average molecular weight is 389 g/mol. The van der Waals surface area contributed by atoms with Crippen LogP contribution in [0.3, 0.4) is 0 Å². The van der Waals surface area contributed by atoms with Crippen LogP contribution in [0.25, 0.3) is 0 Å². The van der Waals surface area contributed by atoms with Crippen LogP contribution in [0.2, 0.25) is 0 Å². The molecule has 1 fully saturated rings. The first-order valence-corrected chi connectivity index (χ1v) is 10.4. The lowest BCUT2D eigenvalue weighted by Crippen LogP contribution is -2.39. The van der Waals surface area contributed by atoms with Crippen molar-refractivity contribution in [2.45, 2.75) is 39.7 Å². The van der Waals surface area contributed by atoms with Crippen LogP contribution in [0.4, 0.5) is 0 Å². The normalized spacial score (nSPS) is 15.8. The van der Waals surface area contributed by atoms with Crippen LogP contribution in [0.15, 0.2) is 23.6 Å². The summed E-state index contributed by atoms with van der Waals surface area (Å²) in [6.45, 7) is 6.96. The van der Waals surface area contributed by atoms with Gasteiger partial charge < -0.3 is 9.30 Å². The number of ketones is 1. The fraction of sp³-hybridized carbons (Fsp3) is 0.524. The van der Waals surface area contributed by atoms with Gasteiger partial charge in [0.2, 0.25) is 0 Å². The van der Waals surface area contributed by atoms with Crippen molar-refractivity contribution in [3.05, 3.63) is 45.4 Å². The van der Waals surface area contributed by atoms with Gasteiger partial charge in [0, 0.05) is 28.4 Å². The maximum Gasteiger partial charge on any atom is 0.308 e. The summed E-state index contributed by atoms with van der Waals surface area (Å²) in [6, 6.07) is 6.25. The van der Waals surface area contributed by atoms with E-state index >= 15 is 0 Å². The number of ether oxygens (including phenoxy) is 1. The number of methoxy groups -OCH3 is 1. The van der Waals surface area contributed by atoms with Gasteiger partial charge in [-0.1, -0.05) is 6.07 Å². The molecule has 3 heterocycles. The largest absolute Gasteiger partial charge is 0.469 e. The molecule has 1 saturated heterocycles. The van der Waals surface area contributed by atoms with Crippen molar-refractivity contribution in [1.82, 2.24) is 9.47 Å². The fourth-order valence-electron chi connectivity index (χ4n) is 3.89. The van der Waals surface area contributed by atoms with Gasteiger partial charge in [0.15, 0.2) is 5.78 Å². The quantitative estimate of drug-likeness (QED) is 0.538. The lowest BCUT2D eigenvalue weighted by molar-refractivity contribution is -0.146. The zero-order valence-corrected chi connectivity index (χ0v) is 17.2. The molecule has 1 aliphatic heterocycles. The number of carbonyl (C=O) groups is 2. The van der Waals surface area contributed by atoms with Crippen molar-refractivity contribution in [2.75, 3.05) is 26.7 Å². The minimum Gasteiger partial charge on any atom is -0.469 e. The van der Waals surface area contributed by atoms with E-state index in [0.717, 1.165) is 55.8 Å². The highest BCUT2D eigenvalue weighted by molar-refractivity contribution is 7.09. The van der Waals surface area contributed by atoms with Gasteiger partial charge in [-0.3, -0.25) is 14.5 Å². The summed E-state index contributed by atoms with van der Waals surface area (Å²) in [5.41, 5.74) is 3.02. The first kappa shape index (κ1) is 19.8. The molecule has 0 saturated carbocycles. The molecule has 0 spiro atoms. The Bertz CT molecular complexity index is 787. The SMILES string of the molecule is COC(=O)C1CCN(CC(=O)c2cc(C)n(CCc3cccs3)c2C)CC1. The number of carbonyl (C=O) groups excluding carboxylic acids is 2. The topological polar surface area (TPSA) is 51.5 Å². The number of aryl methyl sites for hydroxylation is 2. The highest BCUT2D eigenvalue weighted by Crippen LogP contribution is 2.21. The monoisotopic (exact) mass is 388 g/mol. The molecule has 1 aliphatic rings. The van der Waals surface area contributed by atoms with E-state index in [1.54, 1.807) is 11.3 Å². The number of likely N-dealkylation sites (tertiary alicyclic amines) is 1. The molecule has 0 aliphatic carbocycles.